The van der Waals surface area contributed by atoms with Gasteiger partial charge in [0.25, 0.3) is 5.91 Å². The van der Waals surface area contributed by atoms with Crippen molar-refractivity contribution in [3.8, 4) is 0 Å². The second-order valence-electron chi connectivity index (χ2n) is 7.47. The van der Waals surface area contributed by atoms with Crippen molar-refractivity contribution in [2.45, 2.75) is 13.5 Å². The van der Waals surface area contributed by atoms with Crippen molar-refractivity contribution in [3.05, 3.63) is 89.7 Å². The number of hydrogen-bond acceptors (Lipinski definition) is 4. The van der Waals surface area contributed by atoms with Crippen LogP contribution in [0.4, 0.5) is 11.4 Å². The zero-order valence-corrected chi connectivity index (χ0v) is 16.7. The molecule has 1 N–H and O–H groups in total. The lowest BCUT2D eigenvalue weighted by Gasteiger charge is -2.36. The van der Waals surface area contributed by atoms with Crippen LogP contribution in [0.1, 0.15) is 21.6 Å². The van der Waals surface area contributed by atoms with Gasteiger partial charge in [0.15, 0.2) is 0 Å². The van der Waals surface area contributed by atoms with Crippen LogP contribution in [0.3, 0.4) is 0 Å². The quantitative estimate of drug-likeness (QED) is 0.721. The van der Waals surface area contributed by atoms with Crippen molar-refractivity contribution >= 4 is 17.3 Å². The molecule has 0 bridgehead atoms. The summed E-state index contributed by atoms with van der Waals surface area (Å²) in [7, 11) is 0. The first-order valence-corrected chi connectivity index (χ1v) is 10.0. The zero-order chi connectivity index (χ0) is 20.1. The molecule has 2 aromatic carbocycles. The van der Waals surface area contributed by atoms with Crippen molar-refractivity contribution in [1.29, 1.82) is 0 Å². The smallest absolute Gasteiger partial charge is 0.274 e. The summed E-state index contributed by atoms with van der Waals surface area (Å²) in [4.78, 5) is 21.7. The Balaban J connectivity index is 1.36. The van der Waals surface area contributed by atoms with Crippen LogP contribution in [0.15, 0.2) is 72.9 Å². The summed E-state index contributed by atoms with van der Waals surface area (Å²) in [5.74, 6) is -0.182. The van der Waals surface area contributed by atoms with Crippen molar-refractivity contribution in [2.75, 3.05) is 36.4 Å². The van der Waals surface area contributed by atoms with Gasteiger partial charge in [-0.1, -0.05) is 48.0 Å². The van der Waals surface area contributed by atoms with Crippen molar-refractivity contribution in [2.24, 2.45) is 0 Å². The topological polar surface area (TPSA) is 48.5 Å². The molecule has 1 aromatic heterocycles. The molecule has 1 amide bonds. The Bertz CT molecular complexity index is 948. The molecule has 2 heterocycles. The van der Waals surface area contributed by atoms with Gasteiger partial charge in [-0.25, -0.2) is 0 Å². The number of piperazine rings is 1. The zero-order valence-electron chi connectivity index (χ0n) is 16.7. The predicted octanol–water partition coefficient (Wildman–Crippen LogP) is 3.96. The third kappa shape index (κ3) is 5.00. The summed E-state index contributed by atoms with van der Waals surface area (Å²) in [6, 6.07) is 22.2. The summed E-state index contributed by atoms with van der Waals surface area (Å²) in [6.45, 7) is 6.89. The molecular formula is C24H26N4O. The predicted molar refractivity (Wildman–Crippen MR) is 117 cm³/mol. The van der Waals surface area contributed by atoms with Crippen LogP contribution in [-0.2, 0) is 6.54 Å². The van der Waals surface area contributed by atoms with Crippen molar-refractivity contribution in [1.82, 2.24) is 9.88 Å². The maximum Gasteiger partial charge on any atom is 0.274 e. The fourth-order valence-corrected chi connectivity index (χ4v) is 3.58. The van der Waals surface area contributed by atoms with Crippen LogP contribution in [0.5, 0.6) is 0 Å². The number of carbonyl (C=O) groups is 1. The molecule has 3 aromatic rings. The van der Waals surface area contributed by atoms with Crippen LogP contribution >= 0.6 is 0 Å². The van der Waals surface area contributed by atoms with Gasteiger partial charge < -0.3 is 10.2 Å². The molecule has 5 nitrogen and oxygen atoms in total. The van der Waals surface area contributed by atoms with E-state index in [-0.39, 0.29) is 5.91 Å². The summed E-state index contributed by atoms with van der Waals surface area (Å²) in [5, 5.41) is 2.92. The van der Waals surface area contributed by atoms with E-state index in [2.05, 4.69) is 50.4 Å². The molecular weight excluding hydrogens is 360 g/mol. The lowest BCUT2D eigenvalue weighted by Crippen LogP contribution is -2.46. The summed E-state index contributed by atoms with van der Waals surface area (Å²) >= 11 is 0. The number of rotatable bonds is 5. The van der Waals surface area contributed by atoms with Gasteiger partial charge in [-0.05, 0) is 36.8 Å². The Morgan fingerprint density at radius 2 is 1.69 bits per heavy atom. The Morgan fingerprint density at radius 3 is 2.41 bits per heavy atom. The van der Waals surface area contributed by atoms with E-state index in [4.69, 9.17) is 0 Å². The van der Waals surface area contributed by atoms with Gasteiger partial charge >= 0.3 is 0 Å². The van der Waals surface area contributed by atoms with Gasteiger partial charge in [-0.15, -0.1) is 0 Å². The summed E-state index contributed by atoms with van der Waals surface area (Å²) < 4.78 is 0. The molecule has 5 heteroatoms. The molecule has 148 valence electrons. The maximum atomic E-state index is 12.6. The minimum absolute atomic E-state index is 0.182. The normalized spacial score (nSPS) is 14.6. The molecule has 0 radical (unpaired) electrons. The molecule has 29 heavy (non-hydrogen) atoms. The first-order valence-electron chi connectivity index (χ1n) is 10.0. The average molecular weight is 386 g/mol. The third-order valence-electron chi connectivity index (χ3n) is 5.27. The van der Waals surface area contributed by atoms with E-state index in [0.717, 1.165) is 49.7 Å². The minimum atomic E-state index is -0.182. The lowest BCUT2D eigenvalue weighted by molar-refractivity contribution is 0.102. The van der Waals surface area contributed by atoms with Gasteiger partial charge in [0.2, 0.25) is 0 Å². The SMILES string of the molecule is Cc1ccc(NC(=O)c2cc(N3CCN(Cc4ccccc4)CC3)ccn2)cc1. The first-order chi connectivity index (χ1) is 14.2. The number of hydrogen-bond donors (Lipinski definition) is 1. The van der Waals surface area contributed by atoms with Crippen LogP contribution < -0.4 is 10.2 Å². The Kier molecular flexibility index (Phi) is 5.86. The number of amides is 1. The highest BCUT2D eigenvalue weighted by Crippen LogP contribution is 2.19. The number of aryl methyl sites for hydroxylation is 1. The number of nitrogens with one attached hydrogen (secondary N) is 1. The van der Waals surface area contributed by atoms with Gasteiger partial charge in [-0.3, -0.25) is 14.7 Å². The second kappa shape index (κ2) is 8.88. The van der Waals surface area contributed by atoms with Crippen molar-refractivity contribution in [3.63, 3.8) is 0 Å². The number of anilines is 2. The highest BCUT2D eigenvalue weighted by atomic mass is 16.1. The highest BCUT2D eigenvalue weighted by Gasteiger charge is 2.18. The Morgan fingerprint density at radius 1 is 0.966 bits per heavy atom. The molecule has 0 atom stereocenters. The molecule has 0 unspecified atom stereocenters. The van der Waals surface area contributed by atoms with Crippen LogP contribution in [0.2, 0.25) is 0 Å². The van der Waals surface area contributed by atoms with Gasteiger partial charge in [0.05, 0.1) is 0 Å². The van der Waals surface area contributed by atoms with Crippen LogP contribution in [0, 0.1) is 6.92 Å². The number of benzene rings is 2. The van der Waals surface area contributed by atoms with E-state index in [1.165, 1.54) is 5.56 Å². The molecule has 4 rings (SSSR count). The van der Waals surface area contributed by atoms with E-state index in [1.807, 2.05) is 43.3 Å². The molecule has 1 aliphatic rings. The van der Waals surface area contributed by atoms with E-state index < -0.39 is 0 Å². The largest absolute Gasteiger partial charge is 0.369 e. The second-order valence-corrected chi connectivity index (χ2v) is 7.47. The lowest BCUT2D eigenvalue weighted by atomic mass is 10.2. The molecule has 0 spiro atoms. The number of nitrogens with zero attached hydrogens (tertiary/aromatic N) is 3. The fourth-order valence-electron chi connectivity index (χ4n) is 3.58. The minimum Gasteiger partial charge on any atom is -0.369 e. The van der Waals surface area contributed by atoms with E-state index >= 15 is 0 Å². The average Bonchev–Trinajstić information content (AvgIpc) is 2.77. The van der Waals surface area contributed by atoms with Gasteiger partial charge in [0.1, 0.15) is 5.69 Å². The first kappa shape index (κ1) is 19.2. The molecule has 0 saturated carbocycles. The number of pyridine rings is 1. The monoisotopic (exact) mass is 386 g/mol. The summed E-state index contributed by atoms with van der Waals surface area (Å²) in [6.07, 6.45) is 1.72. The van der Waals surface area contributed by atoms with Crippen molar-refractivity contribution < 1.29 is 4.79 Å². The molecule has 1 saturated heterocycles. The fraction of sp³-hybridized carbons (Fsp3) is 0.250. The Labute approximate surface area is 172 Å². The van der Waals surface area contributed by atoms with Gasteiger partial charge in [-0.2, -0.15) is 0 Å². The molecule has 0 aliphatic carbocycles. The molecule has 1 fully saturated rings. The van der Waals surface area contributed by atoms with Gasteiger partial charge in [0, 0.05) is 50.3 Å². The van der Waals surface area contributed by atoms with Crippen LogP contribution in [0.25, 0.3) is 0 Å². The third-order valence-corrected chi connectivity index (χ3v) is 5.27. The number of aromatic nitrogens is 1. The number of carbonyl (C=O) groups excluding carboxylic acids is 1. The maximum absolute atomic E-state index is 12.6. The van der Waals surface area contributed by atoms with Crippen LogP contribution in [-0.4, -0.2) is 42.0 Å². The summed E-state index contributed by atoms with van der Waals surface area (Å²) in [5.41, 5.74) is 4.78. The standard InChI is InChI=1S/C24H26N4O/c1-19-7-9-21(10-8-19)26-24(29)23-17-22(11-12-25-23)28-15-13-27(14-16-28)18-20-5-3-2-4-6-20/h2-12,17H,13-16,18H2,1H3,(H,26,29). The van der Waals surface area contributed by atoms with E-state index in [1.54, 1.807) is 6.20 Å². The van der Waals surface area contributed by atoms with E-state index in [0.29, 0.717) is 5.69 Å². The highest BCUT2D eigenvalue weighted by molar-refractivity contribution is 6.03. The molecule has 1 aliphatic heterocycles. The Hall–Kier alpha value is -3.18. The van der Waals surface area contributed by atoms with E-state index in [9.17, 15) is 4.79 Å².